The molecule has 0 saturated carbocycles. The van der Waals surface area contributed by atoms with Crippen LogP contribution in [0.15, 0.2) is 0 Å². The normalized spacial score (nSPS) is 12.5. The van der Waals surface area contributed by atoms with E-state index in [1.54, 1.807) is 0 Å². The molecule has 3 unspecified atom stereocenters. The Morgan fingerprint density at radius 1 is 0.352 bits per heavy atom. The Labute approximate surface area is 368 Å². The van der Waals surface area contributed by atoms with Crippen molar-refractivity contribution in [3.63, 3.8) is 0 Å². The summed E-state index contributed by atoms with van der Waals surface area (Å²) < 4.78 is 0. The molecule has 0 aromatic rings. The Morgan fingerprint density at radius 3 is 0.889 bits per heavy atom. The molecule has 0 fully saturated rings. The van der Waals surface area contributed by atoms with Crippen molar-refractivity contribution in [1.82, 2.24) is 4.90 Å². The number of unbranched alkanes of at least 4 members (excludes halogenated alkanes) is 22. The summed E-state index contributed by atoms with van der Waals surface area (Å²) in [5.41, 5.74) is 0. The predicted molar refractivity (Wildman–Crippen MR) is 229 cm³/mol. The van der Waals surface area contributed by atoms with Crippen LogP contribution in [0.1, 0.15) is 247 Å². The molecule has 0 saturated heterocycles. The van der Waals surface area contributed by atoms with Crippen molar-refractivity contribution in [2.75, 3.05) is 32.9 Å². The summed E-state index contributed by atoms with van der Waals surface area (Å²) in [5, 5.41) is 46.5. The Morgan fingerprint density at radius 2 is 0.611 bits per heavy atom. The smallest absolute Gasteiger partial charge is 0.0586 e. The number of hydrogen-bond donors (Lipinski definition) is 5. The van der Waals surface area contributed by atoms with Crippen molar-refractivity contribution in [1.29, 1.82) is 0 Å². The fourth-order valence-electron chi connectivity index (χ4n) is 6.76. The van der Waals surface area contributed by atoms with Gasteiger partial charge in [-0.1, -0.05) is 189 Å². The van der Waals surface area contributed by atoms with Gasteiger partial charge in [0.05, 0.1) is 18.8 Å². The van der Waals surface area contributed by atoms with Crippen molar-refractivity contribution < 1.29 is 67.7 Å². The molecule has 8 heteroatoms. The van der Waals surface area contributed by atoms with Gasteiger partial charge in [-0.15, -0.1) is 0 Å². The second-order valence-corrected chi connectivity index (χ2v) is 15.7. The van der Waals surface area contributed by atoms with E-state index in [2.05, 4.69) is 39.5 Å². The zero-order chi connectivity index (χ0) is 39.2. The number of hydrogen-bond acceptors (Lipinski definition) is 6. The van der Waals surface area contributed by atoms with Crippen LogP contribution < -0.4 is 0 Å². The maximum absolute atomic E-state index is 9.75. The topological polar surface area (TPSA) is 104 Å². The average molecular weight is 1110 g/mol. The molecule has 0 heterocycles. The van der Waals surface area contributed by atoms with Crippen molar-refractivity contribution in [3.05, 3.63) is 0 Å². The third-order valence-electron chi connectivity index (χ3n) is 10.5. The van der Waals surface area contributed by atoms with Crippen LogP contribution in [0.4, 0.5) is 0 Å². The van der Waals surface area contributed by atoms with Gasteiger partial charge in [0, 0.05) is 61.4 Å². The third kappa shape index (κ3) is 55.2. The minimum absolute atomic E-state index is 0. The van der Waals surface area contributed by atoms with Gasteiger partial charge in [-0.2, -0.15) is 0 Å². The summed E-state index contributed by atoms with van der Waals surface area (Å²) in [6, 6.07) is 0.283. The maximum Gasteiger partial charge on any atom is 0.0586 e. The molecule has 6 nitrogen and oxygen atoms in total. The van der Waals surface area contributed by atoms with E-state index in [-0.39, 0.29) is 67.0 Å². The first-order valence-electron chi connectivity index (χ1n) is 23.3. The van der Waals surface area contributed by atoms with Crippen LogP contribution in [0.5, 0.6) is 0 Å². The Hall–Kier alpha value is 1.14. The summed E-state index contributed by atoms with van der Waals surface area (Å²) in [4.78, 5) is 2.41. The molecule has 0 aliphatic rings. The maximum atomic E-state index is 9.75. The molecule has 54 heavy (non-hydrogen) atoms. The van der Waals surface area contributed by atoms with E-state index in [9.17, 15) is 15.3 Å². The predicted octanol–water partition coefficient (Wildman–Crippen LogP) is 12.3. The van der Waals surface area contributed by atoms with Crippen molar-refractivity contribution in [2.45, 2.75) is 265 Å². The van der Waals surface area contributed by atoms with Gasteiger partial charge in [-0.3, -0.25) is 4.90 Å². The molecule has 0 aliphatic carbocycles. The fraction of sp³-hybridized carbons (Fsp3) is 1.00. The Kier molecular flexibility index (Phi) is 69.6. The van der Waals surface area contributed by atoms with Gasteiger partial charge in [0.25, 0.3) is 0 Å². The van der Waals surface area contributed by atoms with Gasteiger partial charge in [-0.25, -0.2) is 0 Å². The zero-order valence-electron chi connectivity index (χ0n) is 37.1. The van der Waals surface area contributed by atoms with Gasteiger partial charge in [0.1, 0.15) is 0 Å². The molecule has 0 spiro atoms. The molecule has 0 radical (unpaired) electrons. The van der Waals surface area contributed by atoms with Crippen molar-refractivity contribution in [2.24, 2.45) is 0 Å². The van der Waals surface area contributed by atoms with Gasteiger partial charge in [-0.05, 0) is 70.9 Å². The van der Waals surface area contributed by atoms with Gasteiger partial charge in [0.2, 0.25) is 0 Å². The van der Waals surface area contributed by atoms with Crippen LogP contribution >= 0.6 is 0 Å². The van der Waals surface area contributed by atoms with Crippen molar-refractivity contribution >= 4 is 0 Å². The van der Waals surface area contributed by atoms with Crippen LogP contribution in [-0.2, 0) is 42.1 Å². The SMILES string of the molecule is CCC(CO)N(CCCCCCO)CCCCCCO.CCCCCCCCC(O)CCCCCC.CCCCCCCCC(O)CCCCCC.[W].[W]. The van der Waals surface area contributed by atoms with Crippen LogP contribution in [0, 0.1) is 0 Å². The fourth-order valence-corrected chi connectivity index (χ4v) is 6.76. The summed E-state index contributed by atoms with van der Waals surface area (Å²) in [6.45, 7) is 14.0. The molecule has 0 aromatic carbocycles. The van der Waals surface area contributed by atoms with E-state index in [4.69, 9.17) is 10.2 Å². The second kappa shape index (κ2) is 58.5. The Balaban J connectivity index is -0.000000220. The standard InChI is InChI=1S/C16H35NO3.2C15H32O.2W/c1-2-16(15-20)17(11-7-3-5-9-13-18)12-8-4-6-10-14-19;2*1-3-5-7-9-10-12-14-15(16)13-11-8-6-4-2;;/h16,18-20H,2-15H2,1H3;2*15-16H,3-14H2,1-2H3;;. The molecular weight excluding hydrogens is 1010 g/mol. The first-order chi connectivity index (χ1) is 25.4. The first kappa shape index (κ1) is 64.3. The second-order valence-electron chi connectivity index (χ2n) is 15.7. The van der Waals surface area contributed by atoms with Crippen molar-refractivity contribution in [3.8, 4) is 0 Å². The largest absolute Gasteiger partial charge is 0.396 e. The monoisotopic (exact) mass is 1110 g/mol. The molecule has 3 atom stereocenters. The van der Waals surface area contributed by atoms with Gasteiger partial charge in [0.15, 0.2) is 0 Å². The van der Waals surface area contributed by atoms with E-state index in [1.165, 1.54) is 128 Å². The number of aliphatic hydroxyl groups excluding tert-OH is 5. The summed E-state index contributed by atoms with van der Waals surface area (Å²) in [6.07, 6.45) is 39.8. The third-order valence-corrected chi connectivity index (χ3v) is 10.5. The van der Waals surface area contributed by atoms with Crippen LogP contribution in [0.25, 0.3) is 0 Å². The molecule has 0 amide bonds. The molecule has 0 aromatic heterocycles. The van der Waals surface area contributed by atoms with Crippen LogP contribution in [0.2, 0.25) is 0 Å². The molecule has 0 rings (SSSR count). The number of aliphatic hydroxyl groups is 5. The molecule has 5 N–H and O–H groups in total. The summed E-state index contributed by atoms with van der Waals surface area (Å²) in [7, 11) is 0. The molecular formula is C46H99NO5W2. The van der Waals surface area contributed by atoms with E-state index in [0.29, 0.717) is 13.2 Å². The minimum atomic E-state index is -0.0250. The first-order valence-corrected chi connectivity index (χ1v) is 23.3. The van der Waals surface area contributed by atoms with Gasteiger partial charge < -0.3 is 25.5 Å². The minimum Gasteiger partial charge on any atom is -0.396 e. The van der Waals surface area contributed by atoms with Crippen LogP contribution in [-0.4, -0.2) is 81.6 Å². The zero-order valence-corrected chi connectivity index (χ0v) is 43.0. The van der Waals surface area contributed by atoms with Crippen LogP contribution in [0.3, 0.4) is 0 Å². The quantitative estimate of drug-likeness (QED) is 0.0393. The summed E-state index contributed by atoms with van der Waals surface area (Å²) in [5.74, 6) is 0. The van der Waals surface area contributed by atoms with E-state index in [1.807, 2.05) is 0 Å². The number of rotatable bonds is 39. The van der Waals surface area contributed by atoms with Gasteiger partial charge >= 0.3 is 0 Å². The van der Waals surface area contributed by atoms with E-state index in [0.717, 1.165) is 96.6 Å². The molecule has 0 bridgehead atoms. The average Bonchev–Trinajstić information content (AvgIpc) is 3.15. The Bertz CT molecular complexity index is 559. The number of nitrogens with zero attached hydrogens (tertiary/aromatic N) is 1. The molecule has 330 valence electrons. The summed E-state index contributed by atoms with van der Waals surface area (Å²) >= 11 is 0. The van der Waals surface area contributed by atoms with E-state index >= 15 is 0 Å². The molecule has 0 aliphatic heterocycles. The van der Waals surface area contributed by atoms with E-state index < -0.39 is 0 Å².